The van der Waals surface area contributed by atoms with Crippen molar-refractivity contribution in [2.45, 2.75) is 19.3 Å². The van der Waals surface area contributed by atoms with Crippen molar-refractivity contribution in [3.05, 3.63) is 21.9 Å². The van der Waals surface area contributed by atoms with E-state index in [0.717, 1.165) is 0 Å². The number of fused-ring (bicyclic) bond motifs is 1. The second-order valence-electron chi connectivity index (χ2n) is 4.77. The van der Waals surface area contributed by atoms with Gasteiger partial charge in [-0.3, -0.25) is 4.79 Å². The number of hydrogen-bond acceptors (Lipinski definition) is 2. The molecule has 0 spiro atoms. The van der Waals surface area contributed by atoms with E-state index in [1.807, 2.05) is 0 Å². The smallest absolute Gasteiger partial charge is 0.228 e. The van der Waals surface area contributed by atoms with Gasteiger partial charge in [0.05, 0.1) is 16.4 Å². The first-order chi connectivity index (χ1) is 8.16. The normalized spacial score (nSPS) is 29.9. The fourth-order valence-corrected chi connectivity index (χ4v) is 3.38. The molecule has 2 atom stereocenters. The predicted molar refractivity (Wildman–Crippen MR) is 69.9 cm³/mol. The van der Waals surface area contributed by atoms with E-state index in [1.165, 1.54) is 19.3 Å². The molecule has 3 nitrogen and oxygen atoms in total. The zero-order valence-corrected chi connectivity index (χ0v) is 11.5. The minimum Gasteiger partial charge on any atom is -0.324 e. The van der Waals surface area contributed by atoms with Gasteiger partial charge in [-0.2, -0.15) is 0 Å². The number of pyridine rings is 1. The summed E-state index contributed by atoms with van der Waals surface area (Å²) in [5.41, 5.74) is 0.705. The summed E-state index contributed by atoms with van der Waals surface area (Å²) in [7, 11) is 0. The van der Waals surface area contributed by atoms with Crippen molar-refractivity contribution >= 4 is 39.1 Å². The lowest BCUT2D eigenvalue weighted by molar-refractivity contribution is -0.118. The van der Waals surface area contributed by atoms with Crippen LogP contribution in [0.5, 0.6) is 0 Å². The average Bonchev–Trinajstić information content (AvgIpc) is 2.78. The van der Waals surface area contributed by atoms with Crippen molar-refractivity contribution in [1.29, 1.82) is 0 Å². The third-order valence-electron chi connectivity index (χ3n) is 3.77. The van der Waals surface area contributed by atoms with Crippen molar-refractivity contribution in [2.24, 2.45) is 17.8 Å². The molecule has 0 aliphatic heterocycles. The van der Waals surface area contributed by atoms with Crippen molar-refractivity contribution in [2.75, 3.05) is 5.32 Å². The first-order valence-electron chi connectivity index (χ1n) is 5.79. The molecule has 1 N–H and O–H groups in total. The van der Waals surface area contributed by atoms with Crippen LogP contribution in [0.15, 0.2) is 16.7 Å². The van der Waals surface area contributed by atoms with Gasteiger partial charge >= 0.3 is 0 Å². The van der Waals surface area contributed by atoms with E-state index in [2.05, 4.69) is 26.2 Å². The summed E-state index contributed by atoms with van der Waals surface area (Å²) in [5.74, 6) is 1.64. The van der Waals surface area contributed by atoms with E-state index in [1.54, 1.807) is 12.3 Å². The fourth-order valence-electron chi connectivity index (χ4n) is 2.93. The molecule has 0 radical (unpaired) electrons. The maximum absolute atomic E-state index is 12.0. The lowest BCUT2D eigenvalue weighted by Gasteiger charge is -2.07. The molecule has 0 aromatic carbocycles. The standard InChI is InChI=1S/C12H12BrClN2O/c13-9-4-6(5-15-11(9)14)16-12(17)10-7-2-1-3-8(7)10/h4-5,7-8,10H,1-3H2,(H,16,17). The monoisotopic (exact) mass is 314 g/mol. The molecular weight excluding hydrogens is 304 g/mol. The van der Waals surface area contributed by atoms with Crippen LogP contribution in [0.25, 0.3) is 0 Å². The van der Waals surface area contributed by atoms with Gasteiger partial charge < -0.3 is 5.32 Å². The molecule has 90 valence electrons. The first-order valence-corrected chi connectivity index (χ1v) is 6.96. The topological polar surface area (TPSA) is 42.0 Å². The summed E-state index contributed by atoms with van der Waals surface area (Å²) in [6.07, 6.45) is 5.30. The van der Waals surface area contributed by atoms with E-state index in [-0.39, 0.29) is 11.8 Å². The minimum absolute atomic E-state index is 0.135. The molecule has 1 amide bonds. The van der Waals surface area contributed by atoms with Crippen LogP contribution in [0.1, 0.15) is 19.3 Å². The molecule has 1 heterocycles. The minimum atomic E-state index is 0.135. The summed E-state index contributed by atoms with van der Waals surface area (Å²) in [5, 5.41) is 3.32. The van der Waals surface area contributed by atoms with E-state index < -0.39 is 0 Å². The Morgan fingerprint density at radius 2 is 2.18 bits per heavy atom. The zero-order valence-electron chi connectivity index (χ0n) is 9.12. The second-order valence-corrected chi connectivity index (χ2v) is 5.98. The van der Waals surface area contributed by atoms with Crippen LogP contribution < -0.4 is 5.32 Å². The van der Waals surface area contributed by atoms with E-state index in [9.17, 15) is 4.79 Å². The van der Waals surface area contributed by atoms with E-state index in [4.69, 9.17) is 11.6 Å². The number of hydrogen-bond donors (Lipinski definition) is 1. The maximum Gasteiger partial charge on any atom is 0.228 e. The summed E-state index contributed by atoms with van der Waals surface area (Å²) in [6, 6.07) is 1.78. The molecule has 5 heteroatoms. The van der Waals surface area contributed by atoms with Gasteiger partial charge in [-0.25, -0.2) is 4.98 Å². The molecule has 1 aromatic rings. The number of halogens is 2. The third kappa shape index (κ3) is 2.08. The van der Waals surface area contributed by atoms with Gasteiger partial charge in [-0.15, -0.1) is 0 Å². The summed E-state index contributed by atoms with van der Waals surface area (Å²) >= 11 is 9.09. The Morgan fingerprint density at radius 3 is 2.82 bits per heavy atom. The van der Waals surface area contributed by atoms with Crippen molar-refractivity contribution in [3.8, 4) is 0 Å². The van der Waals surface area contributed by atoms with Crippen LogP contribution >= 0.6 is 27.5 Å². The van der Waals surface area contributed by atoms with Crippen molar-refractivity contribution in [1.82, 2.24) is 4.98 Å². The molecule has 0 bridgehead atoms. The van der Waals surface area contributed by atoms with Crippen LogP contribution in [0.2, 0.25) is 5.15 Å². The van der Waals surface area contributed by atoms with Crippen LogP contribution in [0.4, 0.5) is 5.69 Å². The van der Waals surface area contributed by atoms with Crippen molar-refractivity contribution < 1.29 is 4.79 Å². The number of rotatable bonds is 2. The maximum atomic E-state index is 12.0. The van der Waals surface area contributed by atoms with Gasteiger partial charge in [0.2, 0.25) is 5.91 Å². The largest absolute Gasteiger partial charge is 0.324 e. The van der Waals surface area contributed by atoms with E-state index in [0.29, 0.717) is 27.1 Å². The van der Waals surface area contributed by atoms with Crippen LogP contribution in [-0.4, -0.2) is 10.9 Å². The molecule has 2 aliphatic carbocycles. The van der Waals surface area contributed by atoms with Gasteiger partial charge in [-0.05, 0) is 46.7 Å². The summed E-state index contributed by atoms with van der Waals surface area (Å²) in [6.45, 7) is 0. The third-order valence-corrected chi connectivity index (χ3v) is 4.91. The fraction of sp³-hybridized carbons (Fsp3) is 0.500. The SMILES string of the molecule is O=C(Nc1cnc(Cl)c(Br)c1)C1C2CCCC21. The summed E-state index contributed by atoms with van der Waals surface area (Å²) in [4.78, 5) is 16.0. The molecule has 2 aliphatic rings. The second kappa shape index (κ2) is 4.25. The van der Waals surface area contributed by atoms with Gasteiger partial charge in [0.25, 0.3) is 0 Å². The molecule has 17 heavy (non-hydrogen) atoms. The Morgan fingerprint density at radius 1 is 1.47 bits per heavy atom. The van der Waals surface area contributed by atoms with Crippen LogP contribution in [0, 0.1) is 17.8 Å². The van der Waals surface area contributed by atoms with Gasteiger partial charge in [-0.1, -0.05) is 18.0 Å². The Bertz CT molecular complexity index is 470. The molecule has 3 rings (SSSR count). The lowest BCUT2D eigenvalue weighted by Crippen LogP contribution is -2.16. The first kappa shape index (κ1) is 11.5. The molecule has 2 fully saturated rings. The Balaban J connectivity index is 1.67. The number of anilines is 1. The van der Waals surface area contributed by atoms with Gasteiger partial charge in [0.15, 0.2) is 0 Å². The average molecular weight is 316 g/mol. The van der Waals surface area contributed by atoms with E-state index >= 15 is 0 Å². The number of carbonyl (C=O) groups excluding carboxylic acids is 1. The highest BCUT2D eigenvalue weighted by molar-refractivity contribution is 9.10. The molecule has 0 saturated heterocycles. The van der Waals surface area contributed by atoms with Crippen LogP contribution in [-0.2, 0) is 4.79 Å². The van der Waals surface area contributed by atoms with Gasteiger partial charge in [0.1, 0.15) is 5.15 Å². The number of nitrogens with one attached hydrogen (secondary N) is 1. The quantitative estimate of drug-likeness (QED) is 0.849. The Hall–Kier alpha value is -0.610. The Labute approximate surface area is 113 Å². The molecule has 1 aromatic heterocycles. The zero-order chi connectivity index (χ0) is 12.0. The highest BCUT2D eigenvalue weighted by Crippen LogP contribution is 2.57. The summed E-state index contributed by atoms with van der Waals surface area (Å²) < 4.78 is 0.702. The number of aromatic nitrogens is 1. The predicted octanol–water partition coefficient (Wildman–Crippen LogP) is 3.48. The molecule has 2 saturated carbocycles. The van der Waals surface area contributed by atoms with Crippen molar-refractivity contribution in [3.63, 3.8) is 0 Å². The lowest BCUT2D eigenvalue weighted by atomic mass is 10.1. The number of carbonyl (C=O) groups is 1. The Kier molecular flexibility index (Phi) is 2.87. The highest BCUT2D eigenvalue weighted by atomic mass is 79.9. The molecule has 2 unspecified atom stereocenters. The number of amides is 1. The number of nitrogens with zero attached hydrogens (tertiary/aromatic N) is 1. The highest BCUT2D eigenvalue weighted by Gasteiger charge is 2.56. The van der Waals surface area contributed by atoms with Gasteiger partial charge in [0, 0.05) is 5.92 Å². The molecular formula is C12H12BrClN2O. The van der Waals surface area contributed by atoms with Crippen LogP contribution in [0.3, 0.4) is 0 Å².